The van der Waals surface area contributed by atoms with E-state index in [4.69, 9.17) is 0 Å². The second-order valence-corrected chi connectivity index (χ2v) is 8.96. The van der Waals surface area contributed by atoms with Crippen molar-refractivity contribution in [1.29, 1.82) is 0 Å². The quantitative estimate of drug-likeness (QED) is 0.670. The molecule has 1 unspecified atom stereocenters. The van der Waals surface area contributed by atoms with E-state index in [1.54, 1.807) is 6.92 Å². The molecule has 1 atom stereocenters. The summed E-state index contributed by atoms with van der Waals surface area (Å²) in [5.41, 5.74) is 0.0389. The van der Waals surface area contributed by atoms with Crippen LogP contribution in [0.25, 0.3) is 0 Å². The monoisotopic (exact) mass is 380 g/mol. The van der Waals surface area contributed by atoms with Gasteiger partial charge in [0.25, 0.3) is 0 Å². The lowest BCUT2D eigenvalue weighted by molar-refractivity contribution is -0.402. The highest BCUT2D eigenvalue weighted by Crippen LogP contribution is 2.36. The van der Waals surface area contributed by atoms with Crippen molar-refractivity contribution in [2.24, 2.45) is 0 Å². The number of Topliss-reactive ketones (excluding diaryl/α,β-unsaturated/α-hetero) is 1. The minimum atomic E-state index is -3.70. The van der Waals surface area contributed by atoms with Crippen LogP contribution in [0.5, 0.6) is 0 Å². The summed E-state index contributed by atoms with van der Waals surface area (Å²) >= 11 is 0. The zero-order valence-corrected chi connectivity index (χ0v) is 15.8. The van der Waals surface area contributed by atoms with Gasteiger partial charge in [0.05, 0.1) is 7.05 Å². The molecule has 1 aliphatic heterocycles. The fraction of sp³-hybridized carbons (Fsp3) is 0.529. The van der Waals surface area contributed by atoms with Crippen LogP contribution in [0, 0.1) is 0 Å². The Bertz CT molecular complexity index is 893. The molecule has 1 heterocycles. The average molecular weight is 380 g/mol. The maximum Gasteiger partial charge on any atom is 0.501 e. The van der Waals surface area contributed by atoms with Crippen LogP contribution in [-0.2, 0) is 19.6 Å². The topological polar surface area (TPSA) is 104 Å². The molecule has 0 aromatic rings. The van der Waals surface area contributed by atoms with Gasteiger partial charge in [-0.05, 0) is 31.9 Å². The number of imide groups is 1. The van der Waals surface area contributed by atoms with Crippen molar-refractivity contribution in [1.82, 2.24) is 9.62 Å². The molecule has 3 aliphatic rings. The summed E-state index contributed by atoms with van der Waals surface area (Å²) in [5, 5.41) is -1.01. The van der Waals surface area contributed by atoms with Crippen LogP contribution < -0.4 is 4.72 Å². The van der Waals surface area contributed by atoms with E-state index in [0.717, 1.165) is 17.7 Å². The predicted octanol–water partition coefficient (Wildman–Crippen LogP) is 0.348. The number of nitrogens with one attached hydrogen (secondary N) is 1. The summed E-state index contributed by atoms with van der Waals surface area (Å²) in [6.07, 6.45) is 6.04. The number of ketones is 1. The highest BCUT2D eigenvalue weighted by atomic mass is 32.2. The lowest BCUT2D eigenvalue weighted by Crippen LogP contribution is -2.52. The molecular formula is C17H22N3O5S+. The molecule has 0 saturated heterocycles. The normalized spacial score (nSPS) is 24.5. The fourth-order valence-electron chi connectivity index (χ4n) is 2.89. The molecule has 0 radical (unpaired) electrons. The minimum Gasteiger partial charge on any atom is -0.295 e. The highest BCUT2D eigenvalue weighted by Gasteiger charge is 2.47. The number of carbonyl (C=O) groups is 3. The third-order valence-corrected chi connectivity index (χ3v) is 6.67. The smallest absolute Gasteiger partial charge is 0.295 e. The van der Waals surface area contributed by atoms with Crippen molar-refractivity contribution in [3.63, 3.8) is 0 Å². The Labute approximate surface area is 152 Å². The number of hydrogen-bond donors (Lipinski definition) is 1. The predicted molar refractivity (Wildman–Crippen MR) is 94.3 cm³/mol. The Kier molecular flexibility index (Phi) is 4.48. The third kappa shape index (κ3) is 3.28. The van der Waals surface area contributed by atoms with Crippen molar-refractivity contribution in [3.8, 4) is 0 Å². The fourth-order valence-corrected chi connectivity index (χ4v) is 4.52. The molecular weight excluding hydrogens is 358 g/mol. The first-order chi connectivity index (χ1) is 12.1. The van der Waals surface area contributed by atoms with E-state index >= 15 is 0 Å². The summed E-state index contributed by atoms with van der Waals surface area (Å²) in [5.74, 6) is -0.893. The number of urea groups is 1. The van der Waals surface area contributed by atoms with Crippen LogP contribution in [-0.4, -0.2) is 65.7 Å². The van der Waals surface area contributed by atoms with E-state index in [0.29, 0.717) is 5.71 Å². The first kappa shape index (κ1) is 18.7. The van der Waals surface area contributed by atoms with Crippen molar-refractivity contribution >= 4 is 33.5 Å². The van der Waals surface area contributed by atoms with E-state index in [9.17, 15) is 22.8 Å². The molecule has 3 rings (SSSR count). The Balaban J connectivity index is 1.95. The first-order valence-electron chi connectivity index (χ1n) is 8.49. The zero-order chi connectivity index (χ0) is 19.3. The van der Waals surface area contributed by atoms with Gasteiger partial charge in [-0.25, -0.2) is 17.9 Å². The van der Waals surface area contributed by atoms with Crippen LogP contribution in [0.1, 0.15) is 33.1 Å². The van der Waals surface area contributed by atoms with Crippen molar-refractivity contribution < 1.29 is 27.4 Å². The standard InChI is InChI=1S/C17H22N3O5S/c1-4-11(21)10-20-15(22)13-9-12(5-6-14(13)19(3)16(20)23)26(24,25)18-17(2)7-8-17/h5-6,9,12,18H,4,7-8,10H2,1-3H3/q+1. The van der Waals surface area contributed by atoms with Crippen molar-refractivity contribution in [3.05, 3.63) is 23.8 Å². The Morgan fingerprint density at radius 3 is 2.62 bits per heavy atom. The number of nitrogens with zero attached hydrogens (tertiary/aromatic N) is 2. The Hall–Kier alpha value is -2.13. The molecule has 0 aromatic heterocycles. The van der Waals surface area contributed by atoms with E-state index < -0.39 is 32.8 Å². The maximum atomic E-state index is 12.7. The molecule has 1 N–H and O–H groups in total. The van der Waals surface area contributed by atoms with Gasteiger partial charge in [-0.2, -0.15) is 9.37 Å². The number of allylic oxidation sites excluding steroid dienone is 1. The summed E-state index contributed by atoms with van der Waals surface area (Å²) in [4.78, 5) is 37.7. The molecule has 0 spiro atoms. The molecule has 3 amide bonds. The van der Waals surface area contributed by atoms with Gasteiger partial charge in [-0.1, -0.05) is 13.0 Å². The lowest BCUT2D eigenvalue weighted by atomic mass is 9.99. The van der Waals surface area contributed by atoms with Gasteiger partial charge in [0, 0.05) is 12.0 Å². The summed E-state index contributed by atoms with van der Waals surface area (Å²) in [6, 6.07) is -0.599. The summed E-state index contributed by atoms with van der Waals surface area (Å²) in [7, 11) is -2.21. The summed E-state index contributed by atoms with van der Waals surface area (Å²) in [6.45, 7) is 3.16. The van der Waals surface area contributed by atoms with Gasteiger partial charge in [0.1, 0.15) is 16.5 Å². The van der Waals surface area contributed by atoms with E-state index in [-0.39, 0.29) is 24.3 Å². The number of rotatable bonds is 6. The first-order valence-corrected chi connectivity index (χ1v) is 10.0. The van der Waals surface area contributed by atoms with Crippen LogP contribution in [0.3, 0.4) is 0 Å². The lowest BCUT2D eigenvalue weighted by Gasteiger charge is -2.25. The second-order valence-electron chi connectivity index (χ2n) is 7.12. The second kappa shape index (κ2) is 6.24. The molecule has 0 bridgehead atoms. The van der Waals surface area contributed by atoms with Gasteiger partial charge in [-0.15, -0.1) is 4.90 Å². The third-order valence-electron chi connectivity index (χ3n) is 4.88. The van der Waals surface area contributed by atoms with Crippen LogP contribution in [0.15, 0.2) is 23.8 Å². The minimum absolute atomic E-state index is 0.120. The number of sulfonamides is 1. The summed E-state index contributed by atoms with van der Waals surface area (Å²) < 4.78 is 29.1. The molecule has 1 fully saturated rings. The van der Waals surface area contributed by atoms with Crippen molar-refractivity contribution in [2.75, 3.05) is 13.6 Å². The van der Waals surface area contributed by atoms with Crippen LogP contribution in [0.4, 0.5) is 4.79 Å². The molecule has 9 heteroatoms. The van der Waals surface area contributed by atoms with E-state index in [1.165, 1.54) is 29.9 Å². The maximum absolute atomic E-state index is 12.7. The molecule has 2 aliphatic carbocycles. The van der Waals surface area contributed by atoms with Gasteiger partial charge in [0.15, 0.2) is 12.3 Å². The molecule has 140 valence electrons. The van der Waals surface area contributed by atoms with Gasteiger partial charge in [-0.3, -0.25) is 4.79 Å². The average Bonchev–Trinajstić information content (AvgIpc) is 3.31. The van der Waals surface area contributed by atoms with Crippen LogP contribution >= 0.6 is 0 Å². The number of hydrogen-bond acceptors (Lipinski definition) is 5. The van der Waals surface area contributed by atoms with Gasteiger partial charge < -0.3 is 0 Å². The number of fused-ring (bicyclic) bond motifs is 1. The molecule has 26 heavy (non-hydrogen) atoms. The van der Waals surface area contributed by atoms with E-state index in [1.807, 2.05) is 6.92 Å². The Morgan fingerprint density at radius 1 is 1.38 bits per heavy atom. The zero-order valence-electron chi connectivity index (χ0n) is 15.0. The molecule has 0 aromatic carbocycles. The Morgan fingerprint density at radius 2 is 2.04 bits per heavy atom. The van der Waals surface area contributed by atoms with E-state index in [2.05, 4.69) is 4.72 Å². The van der Waals surface area contributed by atoms with Crippen molar-refractivity contribution in [2.45, 2.75) is 43.9 Å². The van der Waals surface area contributed by atoms with Crippen LogP contribution in [0.2, 0.25) is 0 Å². The number of amides is 3. The largest absolute Gasteiger partial charge is 0.501 e. The SMILES string of the molecule is CCC(=O)CN1C(=O)C2=CC(S(=O)(=O)NC3(C)CC3)C=CC2=[N+](C)C1=O. The highest BCUT2D eigenvalue weighted by molar-refractivity contribution is 7.90. The molecule has 8 nitrogen and oxygen atoms in total. The molecule has 1 saturated carbocycles. The van der Waals surface area contributed by atoms with Gasteiger partial charge >= 0.3 is 11.9 Å². The van der Waals surface area contributed by atoms with Gasteiger partial charge in [0.2, 0.25) is 10.0 Å². The number of carbonyl (C=O) groups excluding carboxylic acids is 3.